The Morgan fingerprint density at radius 3 is 2.57 bits per heavy atom. The molecule has 1 aromatic rings. The summed E-state index contributed by atoms with van der Waals surface area (Å²) in [5.74, 6) is 1.19. The second-order valence-corrected chi connectivity index (χ2v) is 6.62. The molecule has 1 aliphatic rings. The summed E-state index contributed by atoms with van der Waals surface area (Å²) < 4.78 is 6.28. The van der Waals surface area contributed by atoms with E-state index in [4.69, 9.17) is 4.74 Å². The predicted octanol–water partition coefficient (Wildman–Crippen LogP) is 4.36. The molecule has 1 aliphatic heterocycles. The Kier molecular flexibility index (Phi) is 4.68. The van der Waals surface area contributed by atoms with Gasteiger partial charge in [0.2, 0.25) is 5.70 Å². The van der Waals surface area contributed by atoms with E-state index in [0.29, 0.717) is 18.6 Å². The fourth-order valence-corrected chi connectivity index (χ4v) is 3.20. The Morgan fingerprint density at radius 2 is 2.00 bits per heavy atom. The van der Waals surface area contributed by atoms with Gasteiger partial charge in [0, 0.05) is 12.0 Å². The highest BCUT2D eigenvalue weighted by Gasteiger charge is 2.35. The molecule has 0 aliphatic carbocycles. The van der Waals surface area contributed by atoms with Crippen LogP contribution in [0.5, 0.6) is 11.5 Å². The van der Waals surface area contributed by atoms with Crippen LogP contribution < -0.4 is 4.74 Å². The first kappa shape index (κ1) is 17.3. The fraction of sp³-hybridized carbons (Fsp3) is 0.556. The molecule has 0 bridgehead atoms. The molecule has 0 spiro atoms. The van der Waals surface area contributed by atoms with Crippen molar-refractivity contribution in [2.45, 2.75) is 65.9 Å². The number of aromatic hydroxyl groups is 1. The molecule has 23 heavy (non-hydrogen) atoms. The molecule has 1 atom stereocenters. The molecule has 0 aromatic heterocycles. The van der Waals surface area contributed by atoms with Crippen molar-refractivity contribution in [3.05, 3.63) is 44.1 Å². The Morgan fingerprint density at radius 1 is 1.35 bits per heavy atom. The van der Waals surface area contributed by atoms with Gasteiger partial charge in [0.15, 0.2) is 0 Å². The van der Waals surface area contributed by atoms with Gasteiger partial charge in [-0.05, 0) is 76.6 Å². The summed E-state index contributed by atoms with van der Waals surface area (Å²) in [7, 11) is 0. The number of rotatable bonds is 4. The van der Waals surface area contributed by atoms with Gasteiger partial charge in [-0.3, -0.25) is 10.1 Å². The minimum Gasteiger partial charge on any atom is -0.507 e. The zero-order chi connectivity index (χ0) is 17.4. The number of benzene rings is 1. The number of phenols is 1. The fourth-order valence-electron chi connectivity index (χ4n) is 3.20. The van der Waals surface area contributed by atoms with E-state index >= 15 is 0 Å². The molecule has 0 radical (unpaired) electrons. The van der Waals surface area contributed by atoms with Gasteiger partial charge in [-0.25, -0.2) is 0 Å². The topological polar surface area (TPSA) is 72.6 Å². The number of hydrogen-bond donors (Lipinski definition) is 1. The summed E-state index contributed by atoms with van der Waals surface area (Å²) in [5, 5.41) is 21.2. The summed E-state index contributed by atoms with van der Waals surface area (Å²) >= 11 is 0. The van der Waals surface area contributed by atoms with Crippen LogP contribution >= 0.6 is 0 Å². The molecule has 1 unspecified atom stereocenters. The van der Waals surface area contributed by atoms with Crippen LogP contribution in [0.15, 0.2) is 11.8 Å². The van der Waals surface area contributed by atoms with E-state index in [-0.39, 0.29) is 10.6 Å². The lowest BCUT2D eigenvalue weighted by atomic mass is 9.84. The van der Waals surface area contributed by atoms with Crippen molar-refractivity contribution in [3.63, 3.8) is 0 Å². The molecule has 1 heterocycles. The summed E-state index contributed by atoms with van der Waals surface area (Å²) in [6.45, 7) is 9.46. The second kappa shape index (κ2) is 6.22. The highest BCUT2D eigenvalue weighted by atomic mass is 16.6. The van der Waals surface area contributed by atoms with E-state index in [1.807, 2.05) is 27.7 Å². The van der Waals surface area contributed by atoms with Gasteiger partial charge in [-0.15, -0.1) is 0 Å². The van der Waals surface area contributed by atoms with Gasteiger partial charge in [-0.1, -0.05) is 0 Å². The predicted molar refractivity (Wildman–Crippen MR) is 89.7 cm³/mol. The number of nitro groups is 1. The van der Waals surface area contributed by atoms with Crippen molar-refractivity contribution < 1.29 is 14.8 Å². The third-order valence-corrected chi connectivity index (χ3v) is 5.07. The van der Waals surface area contributed by atoms with Crippen LogP contribution in [0.4, 0.5) is 0 Å². The van der Waals surface area contributed by atoms with Gasteiger partial charge in [0.1, 0.15) is 17.1 Å². The minimum absolute atomic E-state index is 0.232. The zero-order valence-electron chi connectivity index (χ0n) is 14.5. The molecule has 0 fully saturated rings. The van der Waals surface area contributed by atoms with E-state index in [9.17, 15) is 15.2 Å². The van der Waals surface area contributed by atoms with Crippen LogP contribution in [-0.4, -0.2) is 15.6 Å². The Labute approximate surface area is 137 Å². The molecule has 1 N–H and O–H groups in total. The van der Waals surface area contributed by atoms with Gasteiger partial charge in [0.05, 0.1) is 4.92 Å². The molecular weight excluding hydrogens is 294 g/mol. The first-order valence-corrected chi connectivity index (χ1v) is 8.00. The Bertz CT molecular complexity index is 678. The first-order chi connectivity index (χ1) is 10.7. The summed E-state index contributed by atoms with van der Waals surface area (Å²) in [4.78, 5) is 10.6. The highest BCUT2D eigenvalue weighted by molar-refractivity contribution is 5.58. The third kappa shape index (κ3) is 3.19. The van der Waals surface area contributed by atoms with Crippen LogP contribution in [-0.2, 0) is 6.42 Å². The molecule has 0 saturated carbocycles. The smallest absolute Gasteiger partial charge is 0.242 e. The van der Waals surface area contributed by atoms with Crippen LogP contribution in [0, 0.1) is 30.9 Å². The third-order valence-electron chi connectivity index (χ3n) is 5.07. The largest absolute Gasteiger partial charge is 0.507 e. The van der Waals surface area contributed by atoms with E-state index in [0.717, 1.165) is 40.8 Å². The van der Waals surface area contributed by atoms with Crippen molar-refractivity contribution in [1.82, 2.24) is 0 Å². The van der Waals surface area contributed by atoms with Crippen molar-refractivity contribution >= 4 is 0 Å². The average Bonchev–Trinajstić information content (AvgIpc) is 2.51. The van der Waals surface area contributed by atoms with Crippen LogP contribution in [0.1, 0.15) is 55.4 Å². The number of hydrogen-bond acceptors (Lipinski definition) is 4. The van der Waals surface area contributed by atoms with Crippen LogP contribution in [0.25, 0.3) is 0 Å². The van der Waals surface area contributed by atoms with Gasteiger partial charge in [-0.2, -0.15) is 0 Å². The maximum atomic E-state index is 11.0. The quantitative estimate of drug-likeness (QED) is 0.661. The number of nitrogens with zero attached hydrogens (tertiary/aromatic N) is 1. The molecule has 2 rings (SSSR count). The molecular formula is C18H25NO4. The van der Waals surface area contributed by atoms with Crippen LogP contribution in [0.3, 0.4) is 0 Å². The minimum atomic E-state index is -0.419. The highest BCUT2D eigenvalue weighted by Crippen LogP contribution is 2.44. The van der Waals surface area contributed by atoms with Crippen molar-refractivity contribution in [1.29, 1.82) is 0 Å². The lowest BCUT2D eigenvalue weighted by Gasteiger charge is -2.38. The standard InChI is InChI=1S/C18H25NO4/c1-6-14(19(21)22)7-9-18(5)10-8-15-13(4)16(20)11(2)12(3)17(15)23-18/h6,20H,7-10H2,1-5H3/b14-6-. The molecule has 5 nitrogen and oxygen atoms in total. The number of phenolic OH excluding ortho intramolecular Hbond substituents is 1. The average molecular weight is 319 g/mol. The number of ether oxygens (including phenoxy) is 1. The lowest BCUT2D eigenvalue weighted by molar-refractivity contribution is -0.428. The van der Waals surface area contributed by atoms with Gasteiger partial charge < -0.3 is 9.84 Å². The van der Waals surface area contributed by atoms with Crippen molar-refractivity contribution in [2.75, 3.05) is 0 Å². The monoisotopic (exact) mass is 319 g/mol. The van der Waals surface area contributed by atoms with E-state index < -0.39 is 5.60 Å². The molecule has 0 amide bonds. The Hall–Kier alpha value is -2.04. The van der Waals surface area contributed by atoms with Gasteiger partial charge >= 0.3 is 0 Å². The van der Waals surface area contributed by atoms with E-state index in [1.165, 1.54) is 0 Å². The van der Waals surface area contributed by atoms with Gasteiger partial charge in [0.25, 0.3) is 0 Å². The van der Waals surface area contributed by atoms with E-state index in [1.54, 1.807) is 13.0 Å². The Balaban J connectivity index is 2.27. The van der Waals surface area contributed by atoms with Crippen molar-refractivity contribution in [2.24, 2.45) is 0 Å². The number of allylic oxidation sites excluding steroid dienone is 2. The maximum absolute atomic E-state index is 11.0. The first-order valence-electron chi connectivity index (χ1n) is 8.00. The molecule has 5 heteroatoms. The zero-order valence-corrected chi connectivity index (χ0v) is 14.5. The normalized spacial score (nSPS) is 20.8. The maximum Gasteiger partial charge on any atom is 0.242 e. The van der Waals surface area contributed by atoms with E-state index in [2.05, 4.69) is 0 Å². The molecule has 1 aromatic carbocycles. The second-order valence-electron chi connectivity index (χ2n) is 6.62. The molecule has 0 saturated heterocycles. The summed E-state index contributed by atoms with van der Waals surface area (Å²) in [5.41, 5.74) is 3.54. The number of fused-ring (bicyclic) bond motifs is 1. The van der Waals surface area contributed by atoms with Crippen molar-refractivity contribution in [3.8, 4) is 11.5 Å². The lowest BCUT2D eigenvalue weighted by Crippen LogP contribution is -2.37. The summed E-state index contributed by atoms with van der Waals surface area (Å²) in [6.07, 6.45) is 4.15. The van der Waals surface area contributed by atoms with Crippen LogP contribution in [0.2, 0.25) is 0 Å². The SMILES string of the molecule is C/C=C(/CCC1(C)CCc2c(C)c(O)c(C)c(C)c2O1)[N+](=O)[O-]. The summed E-state index contributed by atoms with van der Waals surface area (Å²) in [6, 6.07) is 0. The molecule has 126 valence electrons.